The van der Waals surface area contributed by atoms with Gasteiger partial charge in [-0.05, 0) is 73.1 Å². The van der Waals surface area contributed by atoms with Crippen LogP contribution < -0.4 is 5.32 Å². The molecule has 0 radical (unpaired) electrons. The number of anilines is 1. The number of nitrogens with zero attached hydrogens (tertiary/aromatic N) is 3. The maximum absolute atomic E-state index is 12.9. The number of aryl methyl sites for hydroxylation is 2. The Labute approximate surface area is 223 Å². The van der Waals surface area contributed by atoms with Gasteiger partial charge in [0.25, 0.3) is 0 Å². The van der Waals surface area contributed by atoms with E-state index in [2.05, 4.69) is 16.8 Å². The van der Waals surface area contributed by atoms with Crippen LogP contribution in [0.5, 0.6) is 0 Å². The lowest BCUT2D eigenvalue weighted by Gasteiger charge is -2.26. The summed E-state index contributed by atoms with van der Waals surface area (Å²) in [5.41, 5.74) is 6.74. The Morgan fingerprint density at radius 2 is 1.74 bits per heavy atom. The Balaban J connectivity index is 1.45. The zero-order chi connectivity index (χ0) is 26.6. The Kier molecular flexibility index (Phi) is 7.45. The van der Waals surface area contributed by atoms with Crippen LogP contribution in [0.4, 0.5) is 10.5 Å². The number of urea groups is 1. The molecule has 0 atom stereocenters. The molecule has 0 aliphatic carbocycles. The van der Waals surface area contributed by atoms with E-state index in [1.54, 1.807) is 12.1 Å². The number of carbonyl (C=O) groups is 2. The quantitative estimate of drug-likeness (QED) is 0.289. The van der Waals surface area contributed by atoms with Crippen LogP contribution in [0.2, 0.25) is 0 Å². The Morgan fingerprint density at radius 3 is 2.45 bits per heavy atom. The number of hydrogen-bond acceptors (Lipinski definition) is 3. The fourth-order valence-corrected chi connectivity index (χ4v) is 5.30. The van der Waals surface area contributed by atoms with Gasteiger partial charge in [-0.1, -0.05) is 49.4 Å². The molecule has 2 N–H and O–H groups in total. The van der Waals surface area contributed by atoms with Crippen molar-refractivity contribution < 1.29 is 14.7 Å². The van der Waals surface area contributed by atoms with Crippen molar-refractivity contribution in [1.82, 2.24) is 14.5 Å². The van der Waals surface area contributed by atoms with Crippen molar-refractivity contribution in [3.8, 4) is 11.1 Å². The number of carbonyl (C=O) groups excluding carboxylic acids is 1. The molecule has 38 heavy (non-hydrogen) atoms. The van der Waals surface area contributed by atoms with Crippen molar-refractivity contribution >= 4 is 28.7 Å². The highest BCUT2D eigenvalue weighted by atomic mass is 16.4. The van der Waals surface area contributed by atoms with E-state index < -0.39 is 5.97 Å². The summed E-state index contributed by atoms with van der Waals surface area (Å²) in [4.78, 5) is 31.4. The largest absolute Gasteiger partial charge is 0.478 e. The predicted octanol–water partition coefficient (Wildman–Crippen LogP) is 6.73. The van der Waals surface area contributed by atoms with Gasteiger partial charge in [0.2, 0.25) is 0 Å². The molecular weight excluding hydrogens is 476 g/mol. The van der Waals surface area contributed by atoms with Gasteiger partial charge in [-0.3, -0.25) is 0 Å². The number of hydrogen-bond donors (Lipinski definition) is 2. The van der Waals surface area contributed by atoms with Gasteiger partial charge < -0.3 is 19.9 Å². The minimum absolute atomic E-state index is 0.0412. The highest BCUT2D eigenvalue weighted by Crippen LogP contribution is 2.28. The third kappa shape index (κ3) is 5.28. The van der Waals surface area contributed by atoms with E-state index in [-0.39, 0.29) is 6.03 Å². The number of likely N-dealkylation sites (tertiary alicyclic amines) is 1. The van der Waals surface area contributed by atoms with Gasteiger partial charge >= 0.3 is 12.0 Å². The molecular formula is C31H34N4O3. The minimum atomic E-state index is -0.933. The number of amides is 2. The molecule has 196 valence electrons. The van der Waals surface area contributed by atoms with Crippen LogP contribution in [0.3, 0.4) is 0 Å². The van der Waals surface area contributed by atoms with Gasteiger partial charge in [0, 0.05) is 31.7 Å². The topological polar surface area (TPSA) is 87.5 Å². The molecule has 1 aliphatic rings. The van der Waals surface area contributed by atoms with Crippen molar-refractivity contribution in [2.45, 2.75) is 52.5 Å². The molecule has 2 amide bonds. The first-order valence-electron chi connectivity index (χ1n) is 13.4. The summed E-state index contributed by atoms with van der Waals surface area (Å²) >= 11 is 0. The number of carboxylic acid groups (broad SMARTS) is 1. The van der Waals surface area contributed by atoms with Crippen LogP contribution in [-0.2, 0) is 13.0 Å². The second kappa shape index (κ2) is 11.1. The lowest BCUT2D eigenvalue weighted by molar-refractivity contribution is 0.0697. The van der Waals surface area contributed by atoms with Gasteiger partial charge in [-0.2, -0.15) is 0 Å². The van der Waals surface area contributed by atoms with Crippen molar-refractivity contribution in [3.05, 3.63) is 83.2 Å². The molecule has 4 aromatic rings. The van der Waals surface area contributed by atoms with Gasteiger partial charge in [0.05, 0.1) is 16.6 Å². The summed E-state index contributed by atoms with van der Waals surface area (Å²) in [5, 5.41) is 12.7. The number of benzene rings is 3. The molecule has 0 bridgehead atoms. The highest BCUT2D eigenvalue weighted by molar-refractivity contribution is 5.96. The predicted molar refractivity (Wildman–Crippen MR) is 151 cm³/mol. The molecule has 1 aliphatic heterocycles. The number of aromatic nitrogens is 2. The molecule has 1 fully saturated rings. The number of imidazole rings is 1. The van der Waals surface area contributed by atoms with Crippen molar-refractivity contribution in [2.75, 3.05) is 18.4 Å². The fourth-order valence-electron chi connectivity index (χ4n) is 5.30. The molecule has 3 aromatic carbocycles. The standard InChI is InChI=1S/C31H34N4O3/c1-3-9-28-33-29-21(2)18-24(32-31(38)34-16-7-4-8-17-34)19-27(29)35(28)20-22-12-14-23(15-13-22)25-10-5-6-11-26(25)30(36)37/h5-6,10-15,18-19H,3-4,7-9,16-17,20H2,1-2H3,(H,32,38)(H,36,37). The zero-order valence-electron chi connectivity index (χ0n) is 22.0. The SMILES string of the molecule is CCCc1nc2c(C)cc(NC(=O)N3CCCCC3)cc2n1Cc1ccc(-c2ccccc2C(=O)O)cc1. The Bertz CT molecular complexity index is 1470. The van der Waals surface area contributed by atoms with Crippen molar-refractivity contribution in [1.29, 1.82) is 0 Å². The molecule has 0 spiro atoms. The molecule has 1 saturated heterocycles. The normalized spacial score (nSPS) is 13.6. The number of piperidine rings is 1. The van der Waals surface area contributed by atoms with E-state index in [0.717, 1.165) is 78.0 Å². The monoisotopic (exact) mass is 510 g/mol. The number of rotatable bonds is 7. The minimum Gasteiger partial charge on any atom is -0.478 e. The number of aromatic carboxylic acids is 1. The van der Waals surface area contributed by atoms with Gasteiger partial charge in [-0.15, -0.1) is 0 Å². The maximum atomic E-state index is 12.9. The van der Waals surface area contributed by atoms with Crippen LogP contribution >= 0.6 is 0 Å². The maximum Gasteiger partial charge on any atom is 0.336 e. The van der Waals surface area contributed by atoms with Gasteiger partial charge in [0.1, 0.15) is 5.82 Å². The highest BCUT2D eigenvalue weighted by Gasteiger charge is 2.19. The second-order valence-electron chi connectivity index (χ2n) is 10.1. The Morgan fingerprint density at radius 1 is 1.00 bits per heavy atom. The molecule has 1 aromatic heterocycles. The van der Waals surface area contributed by atoms with E-state index >= 15 is 0 Å². The Hall–Kier alpha value is -4.13. The number of nitrogens with one attached hydrogen (secondary N) is 1. The van der Waals surface area contributed by atoms with E-state index in [1.807, 2.05) is 60.4 Å². The molecule has 7 nitrogen and oxygen atoms in total. The van der Waals surface area contributed by atoms with Crippen LogP contribution in [0.1, 0.15) is 59.9 Å². The molecule has 7 heteroatoms. The average Bonchev–Trinajstić information content (AvgIpc) is 3.27. The van der Waals surface area contributed by atoms with Crippen molar-refractivity contribution in [2.24, 2.45) is 0 Å². The summed E-state index contributed by atoms with van der Waals surface area (Å²) in [7, 11) is 0. The second-order valence-corrected chi connectivity index (χ2v) is 10.1. The average molecular weight is 511 g/mol. The lowest BCUT2D eigenvalue weighted by Crippen LogP contribution is -2.38. The number of fused-ring (bicyclic) bond motifs is 1. The first-order valence-corrected chi connectivity index (χ1v) is 13.4. The van der Waals surface area contributed by atoms with Crippen LogP contribution in [0, 0.1) is 6.92 Å². The molecule has 0 saturated carbocycles. The molecule has 5 rings (SSSR count). The van der Waals surface area contributed by atoms with E-state index in [1.165, 1.54) is 6.42 Å². The number of carboxylic acids is 1. The van der Waals surface area contributed by atoms with Crippen LogP contribution in [0.25, 0.3) is 22.2 Å². The third-order valence-electron chi connectivity index (χ3n) is 7.25. The summed E-state index contributed by atoms with van der Waals surface area (Å²) in [6.45, 7) is 6.43. The summed E-state index contributed by atoms with van der Waals surface area (Å²) in [5.74, 6) is 0.0859. The molecule has 0 unspecified atom stereocenters. The smallest absolute Gasteiger partial charge is 0.336 e. The van der Waals surface area contributed by atoms with Gasteiger partial charge in [-0.25, -0.2) is 14.6 Å². The van der Waals surface area contributed by atoms with Gasteiger partial charge in [0.15, 0.2) is 0 Å². The third-order valence-corrected chi connectivity index (χ3v) is 7.25. The fraction of sp³-hybridized carbons (Fsp3) is 0.323. The van der Waals surface area contributed by atoms with E-state index in [4.69, 9.17) is 4.98 Å². The lowest BCUT2D eigenvalue weighted by atomic mass is 9.99. The van der Waals surface area contributed by atoms with E-state index in [0.29, 0.717) is 17.7 Å². The first kappa shape index (κ1) is 25.5. The zero-order valence-corrected chi connectivity index (χ0v) is 22.0. The van der Waals surface area contributed by atoms with Crippen LogP contribution in [-0.4, -0.2) is 44.6 Å². The molecule has 2 heterocycles. The first-order chi connectivity index (χ1) is 18.4. The summed E-state index contributed by atoms with van der Waals surface area (Å²) < 4.78 is 2.24. The summed E-state index contributed by atoms with van der Waals surface area (Å²) in [6.07, 6.45) is 5.12. The summed E-state index contributed by atoms with van der Waals surface area (Å²) in [6, 6.07) is 19.1. The van der Waals surface area contributed by atoms with Crippen molar-refractivity contribution in [3.63, 3.8) is 0 Å². The van der Waals surface area contributed by atoms with E-state index in [9.17, 15) is 14.7 Å². The van der Waals surface area contributed by atoms with Crippen LogP contribution in [0.15, 0.2) is 60.7 Å².